The van der Waals surface area contributed by atoms with E-state index in [0.29, 0.717) is 11.3 Å². The summed E-state index contributed by atoms with van der Waals surface area (Å²) >= 11 is 3.36. The zero-order valence-electron chi connectivity index (χ0n) is 11.4. The number of carbonyl (C=O) groups is 1. The SMILES string of the molecule is Cc1ccc(Br)cc1NC(=O)COc1ccccc1C#N. The van der Waals surface area contributed by atoms with Crippen LogP contribution in [0.2, 0.25) is 0 Å². The van der Waals surface area contributed by atoms with Crippen LogP contribution in [0, 0.1) is 18.3 Å². The highest BCUT2D eigenvalue weighted by Crippen LogP contribution is 2.21. The molecule has 0 radical (unpaired) electrons. The molecule has 0 fully saturated rings. The maximum atomic E-state index is 11.9. The molecule has 2 rings (SSSR count). The molecular weight excluding hydrogens is 332 g/mol. The Bertz CT molecular complexity index is 708. The maximum absolute atomic E-state index is 11.9. The monoisotopic (exact) mass is 344 g/mol. The quantitative estimate of drug-likeness (QED) is 0.920. The molecule has 2 aromatic rings. The Kier molecular flexibility index (Phi) is 4.96. The topological polar surface area (TPSA) is 62.1 Å². The van der Waals surface area contributed by atoms with Crippen LogP contribution in [-0.4, -0.2) is 12.5 Å². The fourth-order valence-electron chi connectivity index (χ4n) is 1.74. The molecule has 0 aliphatic heterocycles. The highest BCUT2D eigenvalue weighted by Gasteiger charge is 2.08. The summed E-state index contributed by atoms with van der Waals surface area (Å²) in [5.41, 5.74) is 2.10. The van der Waals surface area contributed by atoms with Gasteiger partial charge in [0, 0.05) is 10.2 Å². The number of ether oxygens (including phenoxy) is 1. The zero-order valence-corrected chi connectivity index (χ0v) is 13.0. The molecule has 2 aromatic carbocycles. The number of hydrogen-bond donors (Lipinski definition) is 1. The van der Waals surface area contributed by atoms with Crippen molar-refractivity contribution in [2.75, 3.05) is 11.9 Å². The molecule has 106 valence electrons. The first-order valence-electron chi connectivity index (χ1n) is 6.28. The second-order valence-electron chi connectivity index (χ2n) is 4.40. The fraction of sp³-hybridized carbons (Fsp3) is 0.125. The highest BCUT2D eigenvalue weighted by molar-refractivity contribution is 9.10. The number of benzene rings is 2. The molecule has 0 bridgehead atoms. The number of para-hydroxylation sites is 1. The van der Waals surface area contributed by atoms with E-state index >= 15 is 0 Å². The number of aryl methyl sites for hydroxylation is 1. The Morgan fingerprint density at radius 2 is 2.10 bits per heavy atom. The number of anilines is 1. The van der Waals surface area contributed by atoms with Gasteiger partial charge in [-0.15, -0.1) is 0 Å². The first kappa shape index (κ1) is 15.1. The van der Waals surface area contributed by atoms with Crippen LogP contribution >= 0.6 is 15.9 Å². The Morgan fingerprint density at radius 1 is 1.33 bits per heavy atom. The number of nitrogens with one attached hydrogen (secondary N) is 1. The Hall–Kier alpha value is -2.32. The summed E-state index contributed by atoms with van der Waals surface area (Å²) in [6.07, 6.45) is 0. The standard InChI is InChI=1S/C16H13BrN2O2/c1-11-6-7-13(17)8-14(11)19-16(20)10-21-15-5-3-2-4-12(15)9-18/h2-8H,10H2,1H3,(H,19,20). The van der Waals surface area contributed by atoms with Crippen LogP contribution in [0.1, 0.15) is 11.1 Å². The van der Waals surface area contributed by atoms with Gasteiger partial charge in [-0.3, -0.25) is 4.79 Å². The van der Waals surface area contributed by atoms with E-state index in [9.17, 15) is 4.79 Å². The Morgan fingerprint density at radius 3 is 2.86 bits per heavy atom. The highest BCUT2D eigenvalue weighted by atomic mass is 79.9. The van der Waals surface area contributed by atoms with E-state index in [0.717, 1.165) is 15.7 Å². The van der Waals surface area contributed by atoms with E-state index in [2.05, 4.69) is 21.2 Å². The van der Waals surface area contributed by atoms with E-state index < -0.39 is 0 Å². The van der Waals surface area contributed by atoms with Gasteiger partial charge in [0.1, 0.15) is 11.8 Å². The minimum atomic E-state index is -0.274. The number of amides is 1. The van der Waals surface area contributed by atoms with Crippen LogP contribution in [-0.2, 0) is 4.79 Å². The number of nitrogens with zero attached hydrogens (tertiary/aromatic N) is 1. The summed E-state index contributed by atoms with van der Waals surface area (Å²) in [5, 5.41) is 11.7. The summed E-state index contributed by atoms with van der Waals surface area (Å²) in [4.78, 5) is 11.9. The van der Waals surface area contributed by atoms with Crippen molar-refractivity contribution in [1.82, 2.24) is 0 Å². The lowest BCUT2D eigenvalue weighted by Crippen LogP contribution is -2.20. The van der Waals surface area contributed by atoms with Gasteiger partial charge in [-0.25, -0.2) is 0 Å². The van der Waals surface area contributed by atoms with Gasteiger partial charge in [0.2, 0.25) is 0 Å². The molecule has 0 aliphatic carbocycles. The van der Waals surface area contributed by atoms with Crippen molar-refractivity contribution in [1.29, 1.82) is 5.26 Å². The third kappa shape index (κ3) is 4.07. The van der Waals surface area contributed by atoms with Crippen molar-refractivity contribution in [3.05, 3.63) is 58.1 Å². The molecule has 0 spiro atoms. The predicted octanol–water partition coefficient (Wildman–Crippen LogP) is 3.65. The van der Waals surface area contributed by atoms with E-state index in [-0.39, 0.29) is 12.5 Å². The molecule has 1 amide bonds. The number of halogens is 1. The number of rotatable bonds is 4. The molecule has 21 heavy (non-hydrogen) atoms. The molecule has 0 unspecified atom stereocenters. The molecule has 1 N–H and O–H groups in total. The summed E-state index contributed by atoms with van der Waals surface area (Å²) in [7, 11) is 0. The van der Waals surface area contributed by atoms with E-state index in [4.69, 9.17) is 10.00 Å². The fourth-order valence-corrected chi connectivity index (χ4v) is 2.10. The zero-order chi connectivity index (χ0) is 15.2. The largest absolute Gasteiger partial charge is 0.482 e. The van der Waals surface area contributed by atoms with Gasteiger partial charge in [-0.1, -0.05) is 34.1 Å². The molecular formula is C16H13BrN2O2. The number of hydrogen-bond acceptors (Lipinski definition) is 3. The van der Waals surface area contributed by atoms with E-state index in [1.807, 2.05) is 31.2 Å². The van der Waals surface area contributed by atoms with Crippen LogP contribution < -0.4 is 10.1 Å². The maximum Gasteiger partial charge on any atom is 0.262 e. The van der Waals surface area contributed by atoms with Gasteiger partial charge < -0.3 is 10.1 Å². The van der Waals surface area contributed by atoms with Gasteiger partial charge in [0.05, 0.1) is 5.56 Å². The Labute approximate surface area is 131 Å². The van der Waals surface area contributed by atoms with Crippen LogP contribution in [0.3, 0.4) is 0 Å². The van der Waals surface area contributed by atoms with Crippen molar-refractivity contribution >= 4 is 27.5 Å². The van der Waals surface area contributed by atoms with Gasteiger partial charge in [-0.05, 0) is 36.8 Å². The van der Waals surface area contributed by atoms with Crippen molar-refractivity contribution in [2.45, 2.75) is 6.92 Å². The van der Waals surface area contributed by atoms with E-state index in [1.165, 1.54) is 0 Å². The van der Waals surface area contributed by atoms with Crippen LogP contribution in [0.5, 0.6) is 5.75 Å². The lowest BCUT2D eigenvalue weighted by Gasteiger charge is -2.10. The van der Waals surface area contributed by atoms with Crippen LogP contribution in [0.4, 0.5) is 5.69 Å². The first-order chi connectivity index (χ1) is 10.1. The van der Waals surface area contributed by atoms with Gasteiger partial charge in [0.25, 0.3) is 5.91 Å². The van der Waals surface area contributed by atoms with Crippen LogP contribution in [0.15, 0.2) is 46.9 Å². The molecule has 0 aromatic heterocycles. The predicted molar refractivity (Wildman–Crippen MR) is 84.2 cm³/mol. The average Bonchev–Trinajstić information content (AvgIpc) is 2.49. The third-order valence-electron chi connectivity index (χ3n) is 2.84. The second-order valence-corrected chi connectivity index (χ2v) is 5.32. The number of nitriles is 1. The summed E-state index contributed by atoms with van der Waals surface area (Å²) in [5.74, 6) is 0.130. The minimum absolute atomic E-state index is 0.148. The minimum Gasteiger partial charge on any atom is -0.482 e. The number of carbonyl (C=O) groups excluding carboxylic acids is 1. The molecule has 0 atom stereocenters. The van der Waals surface area contributed by atoms with Gasteiger partial charge in [-0.2, -0.15) is 5.26 Å². The van der Waals surface area contributed by atoms with E-state index in [1.54, 1.807) is 24.3 Å². The molecule has 4 nitrogen and oxygen atoms in total. The van der Waals surface area contributed by atoms with Crippen molar-refractivity contribution in [3.63, 3.8) is 0 Å². The van der Waals surface area contributed by atoms with Gasteiger partial charge in [0.15, 0.2) is 6.61 Å². The smallest absolute Gasteiger partial charge is 0.262 e. The van der Waals surface area contributed by atoms with Gasteiger partial charge >= 0.3 is 0 Å². The Balaban J connectivity index is 2.00. The summed E-state index contributed by atoms with van der Waals surface area (Å²) in [6, 6.07) is 14.5. The lowest BCUT2D eigenvalue weighted by molar-refractivity contribution is -0.118. The normalized spacial score (nSPS) is 9.76. The molecule has 5 heteroatoms. The molecule has 0 saturated heterocycles. The van der Waals surface area contributed by atoms with Crippen molar-refractivity contribution in [3.8, 4) is 11.8 Å². The molecule has 0 saturated carbocycles. The van der Waals surface area contributed by atoms with Crippen molar-refractivity contribution in [2.24, 2.45) is 0 Å². The average molecular weight is 345 g/mol. The summed E-state index contributed by atoms with van der Waals surface area (Å²) in [6.45, 7) is 1.76. The lowest BCUT2D eigenvalue weighted by atomic mass is 10.2. The van der Waals surface area contributed by atoms with Crippen LogP contribution in [0.25, 0.3) is 0 Å². The third-order valence-corrected chi connectivity index (χ3v) is 3.33. The first-order valence-corrected chi connectivity index (χ1v) is 7.07. The van der Waals surface area contributed by atoms with Crippen molar-refractivity contribution < 1.29 is 9.53 Å². The summed E-state index contributed by atoms with van der Waals surface area (Å²) < 4.78 is 6.27. The second kappa shape index (κ2) is 6.91. The molecule has 0 heterocycles. The molecule has 0 aliphatic rings.